The minimum Gasteiger partial charge on any atom is -0.392 e. The molecule has 3 nitrogen and oxygen atoms in total. The summed E-state index contributed by atoms with van der Waals surface area (Å²) in [5, 5.41) is 22.7. The zero-order chi connectivity index (χ0) is 19.3. The lowest BCUT2D eigenvalue weighted by molar-refractivity contribution is 0.0900. The topological polar surface area (TPSA) is 52.5 Å². The first-order chi connectivity index (χ1) is 12.7. The van der Waals surface area contributed by atoms with Crippen LogP contribution in [0, 0.1) is 0 Å². The molecule has 0 aliphatic carbocycles. The molecule has 0 aromatic rings. The molecule has 0 fully saturated rings. The fraction of sp³-hybridized carbons (Fsp3) is 1.00. The Morgan fingerprint density at radius 3 is 1.42 bits per heavy atom. The van der Waals surface area contributed by atoms with E-state index in [0.717, 1.165) is 32.1 Å². The van der Waals surface area contributed by atoms with Crippen LogP contribution in [0.3, 0.4) is 0 Å². The summed E-state index contributed by atoms with van der Waals surface area (Å²) in [5.41, 5.74) is 0. The van der Waals surface area contributed by atoms with Gasteiger partial charge >= 0.3 is 0 Å². The summed E-state index contributed by atoms with van der Waals surface area (Å²) < 4.78 is 0. The number of hydrogen-bond donors (Lipinski definition) is 3. The van der Waals surface area contributed by atoms with Gasteiger partial charge in [0.1, 0.15) is 6.23 Å². The number of aliphatic hydroxyl groups is 2. The highest BCUT2D eigenvalue weighted by molar-refractivity contribution is 4.62. The molecule has 3 N–H and O–H groups in total. The van der Waals surface area contributed by atoms with E-state index in [1.54, 1.807) is 0 Å². The van der Waals surface area contributed by atoms with Gasteiger partial charge in [-0.25, -0.2) is 0 Å². The molecule has 2 atom stereocenters. The van der Waals surface area contributed by atoms with Crippen LogP contribution < -0.4 is 5.32 Å². The molecule has 26 heavy (non-hydrogen) atoms. The van der Waals surface area contributed by atoms with Crippen LogP contribution in [0.4, 0.5) is 0 Å². The summed E-state index contributed by atoms with van der Waals surface area (Å²) in [7, 11) is 0. The fourth-order valence-corrected chi connectivity index (χ4v) is 3.45. The minimum absolute atomic E-state index is 0.316. The van der Waals surface area contributed by atoms with Gasteiger partial charge in [0.25, 0.3) is 0 Å². The van der Waals surface area contributed by atoms with E-state index < -0.39 is 6.23 Å². The van der Waals surface area contributed by atoms with Gasteiger partial charge in [0, 0.05) is 6.54 Å². The molecule has 0 bridgehead atoms. The maximum absolute atomic E-state index is 9.94. The number of unbranched alkanes of at least 4 members (excludes halogenated alkanes) is 14. The Balaban J connectivity index is 3.18. The molecular formula is C23H49NO2. The molecule has 2 unspecified atom stereocenters. The van der Waals surface area contributed by atoms with Gasteiger partial charge in [-0.05, 0) is 19.3 Å². The highest BCUT2D eigenvalue weighted by Gasteiger charge is 2.07. The zero-order valence-electron chi connectivity index (χ0n) is 18.0. The van der Waals surface area contributed by atoms with Crippen molar-refractivity contribution in [1.29, 1.82) is 0 Å². The van der Waals surface area contributed by atoms with Crippen LogP contribution in [-0.2, 0) is 0 Å². The van der Waals surface area contributed by atoms with E-state index in [0.29, 0.717) is 6.54 Å². The zero-order valence-corrected chi connectivity index (χ0v) is 18.0. The second-order valence-electron chi connectivity index (χ2n) is 8.10. The van der Waals surface area contributed by atoms with E-state index >= 15 is 0 Å². The van der Waals surface area contributed by atoms with E-state index in [1.807, 2.05) is 0 Å². The fourth-order valence-electron chi connectivity index (χ4n) is 3.45. The van der Waals surface area contributed by atoms with Crippen molar-refractivity contribution in [2.75, 3.05) is 6.54 Å². The summed E-state index contributed by atoms with van der Waals surface area (Å²) in [6.45, 7) is 4.92. The lowest BCUT2D eigenvalue weighted by Crippen LogP contribution is -2.35. The molecule has 0 amide bonds. The Morgan fingerprint density at radius 1 is 0.538 bits per heavy atom. The van der Waals surface area contributed by atoms with Crippen LogP contribution in [0.2, 0.25) is 0 Å². The molecule has 0 aliphatic rings. The van der Waals surface area contributed by atoms with E-state index in [4.69, 9.17) is 0 Å². The van der Waals surface area contributed by atoms with Crippen LogP contribution in [0.1, 0.15) is 129 Å². The first kappa shape index (κ1) is 25.9. The monoisotopic (exact) mass is 371 g/mol. The van der Waals surface area contributed by atoms with Crippen molar-refractivity contribution in [3.05, 3.63) is 0 Å². The Bertz CT molecular complexity index is 261. The van der Waals surface area contributed by atoms with E-state index in [-0.39, 0.29) is 6.10 Å². The maximum Gasteiger partial charge on any atom is 0.104 e. The lowest BCUT2D eigenvalue weighted by Gasteiger charge is -2.16. The second kappa shape index (κ2) is 21.2. The van der Waals surface area contributed by atoms with Crippen molar-refractivity contribution in [2.45, 2.75) is 142 Å². The predicted octanol–water partition coefficient (Wildman–Crippen LogP) is 6.32. The third kappa shape index (κ3) is 20.2. The Hall–Kier alpha value is -0.120. The molecule has 0 saturated carbocycles. The van der Waals surface area contributed by atoms with Gasteiger partial charge in [0.05, 0.1) is 6.10 Å². The summed E-state index contributed by atoms with van der Waals surface area (Å²) >= 11 is 0. The molecule has 0 aromatic carbocycles. The molecule has 3 heteroatoms. The number of nitrogens with one attached hydrogen (secondary N) is 1. The van der Waals surface area contributed by atoms with Crippen LogP contribution in [0.15, 0.2) is 0 Å². The van der Waals surface area contributed by atoms with E-state index in [1.165, 1.54) is 83.5 Å². The molecule has 0 radical (unpaired) electrons. The van der Waals surface area contributed by atoms with Crippen molar-refractivity contribution >= 4 is 0 Å². The second-order valence-corrected chi connectivity index (χ2v) is 8.10. The lowest BCUT2D eigenvalue weighted by atomic mass is 10.0. The summed E-state index contributed by atoms with van der Waals surface area (Å²) in [6.07, 6.45) is 22.1. The molecule has 0 rings (SSSR count). The number of aliphatic hydroxyl groups excluding tert-OH is 2. The Morgan fingerprint density at radius 2 is 0.962 bits per heavy atom. The predicted molar refractivity (Wildman–Crippen MR) is 114 cm³/mol. The van der Waals surface area contributed by atoms with Gasteiger partial charge in [-0.3, -0.25) is 5.32 Å². The number of hydrogen-bond acceptors (Lipinski definition) is 3. The SMILES string of the molecule is CCCCCCCCCCCCCCCCC(O)CNC(O)CCCC. The smallest absolute Gasteiger partial charge is 0.104 e. The van der Waals surface area contributed by atoms with Gasteiger partial charge in [0.15, 0.2) is 0 Å². The van der Waals surface area contributed by atoms with Gasteiger partial charge in [-0.1, -0.05) is 110 Å². The molecular weight excluding hydrogens is 322 g/mol. The molecule has 0 aromatic heterocycles. The quantitative estimate of drug-likeness (QED) is 0.163. The summed E-state index contributed by atoms with van der Waals surface area (Å²) in [5.74, 6) is 0. The molecule has 0 heterocycles. The third-order valence-corrected chi connectivity index (χ3v) is 5.31. The van der Waals surface area contributed by atoms with E-state index in [9.17, 15) is 10.2 Å². The van der Waals surface area contributed by atoms with Crippen molar-refractivity contribution < 1.29 is 10.2 Å². The van der Waals surface area contributed by atoms with Crippen molar-refractivity contribution in [1.82, 2.24) is 5.32 Å². The van der Waals surface area contributed by atoms with Crippen LogP contribution in [-0.4, -0.2) is 29.1 Å². The van der Waals surface area contributed by atoms with Gasteiger partial charge < -0.3 is 10.2 Å². The highest BCUT2D eigenvalue weighted by Crippen LogP contribution is 2.13. The maximum atomic E-state index is 9.94. The van der Waals surface area contributed by atoms with Crippen LogP contribution >= 0.6 is 0 Å². The summed E-state index contributed by atoms with van der Waals surface area (Å²) in [4.78, 5) is 0. The van der Waals surface area contributed by atoms with Gasteiger partial charge in [0.2, 0.25) is 0 Å². The van der Waals surface area contributed by atoms with Gasteiger partial charge in [-0.15, -0.1) is 0 Å². The van der Waals surface area contributed by atoms with Crippen molar-refractivity contribution in [3.63, 3.8) is 0 Å². The van der Waals surface area contributed by atoms with Crippen molar-refractivity contribution in [3.8, 4) is 0 Å². The average Bonchev–Trinajstić information content (AvgIpc) is 2.64. The van der Waals surface area contributed by atoms with Crippen molar-refractivity contribution in [2.24, 2.45) is 0 Å². The molecule has 0 spiro atoms. The first-order valence-electron chi connectivity index (χ1n) is 11.8. The average molecular weight is 372 g/mol. The Kier molecular flexibility index (Phi) is 21.1. The third-order valence-electron chi connectivity index (χ3n) is 5.31. The standard InChI is InChI=1S/C23H49NO2/c1-3-5-7-8-9-10-11-12-13-14-15-16-17-18-19-22(25)21-24-23(26)20-6-4-2/h22-26H,3-21H2,1-2H3. The molecule has 0 saturated heterocycles. The van der Waals surface area contributed by atoms with Crippen LogP contribution in [0.25, 0.3) is 0 Å². The summed E-state index contributed by atoms with van der Waals surface area (Å²) in [6, 6.07) is 0. The molecule has 158 valence electrons. The minimum atomic E-state index is -0.457. The van der Waals surface area contributed by atoms with Gasteiger partial charge in [-0.2, -0.15) is 0 Å². The number of rotatable bonds is 21. The Labute approximate surface area is 164 Å². The first-order valence-corrected chi connectivity index (χ1v) is 11.8. The normalized spacial score (nSPS) is 13.8. The largest absolute Gasteiger partial charge is 0.392 e. The molecule has 0 aliphatic heterocycles. The van der Waals surface area contributed by atoms with Crippen LogP contribution in [0.5, 0.6) is 0 Å². The van der Waals surface area contributed by atoms with E-state index in [2.05, 4.69) is 19.2 Å². The highest BCUT2D eigenvalue weighted by atomic mass is 16.3.